The van der Waals surface area contributed by atoms with E-state index in [1.807, 2.05) is 29.6 Å². The van der Waals surface area contributed by atoms with Crippen molar-refractivity contribution in [3.63, 3.8) is 0 Å². The second-order valence-electron chi connectivity index (χ2n) is 3.83. The summed E-state index contributed by atoms with van der Waals surface area (Å²) in [4.78, 5) is 23.8. The van der Waals surface area contributed by atoms with Crippen LogP contribution < -0.4 is 10.6 Å². The third-order valence-corrected chi connectivity index (χ3v) is 3.64. The van der Waals surface area contributed by atoms with Gasteiger partial charge in [0, 0.05) is 22.5 Å². The van der Waals surface area contributed by atoms with Crippen LogP contribution in [0.25, 0.3) is 10.1 Å². The maximum atomic E-state index is 11.9. The summed E-state index contributed by atoms with van der Waals surface area (Å²) in [6.45, 7) is 0. The number of amides is 1. The van der Waals surface area contributed by atoms with Gasteiger partial charge in [0.05, 0.1) is 5.69 Å². The molecular formula is C12H12N2O3S. The van der Waals surface area contributed by atoms with E-state index < -0.39 is 17.9 Å². The number of fused-ring (bicyclic) bond motifs is 1. The van der Waals surface area contributed by atoms with E-state index in [0.717, 1.165) is 10.1 Å². The second kappa shape index (κ2) is 4.75. The molecule has 0 saturated heterocycles. The average Bonchev–Trinajstić information content (AvgIpc) is 2.79. The number of rotatable bonds is 3. The number of nitrogens with zero attached hydrogens (tertiary/aromatic N) is 1. The largest absolute Gasteiger partial charge is 0.480 e. The van der Waals surface area contributed by atoms with Crippen LogP contribution in [0, 0.1) is 0 Å². The first kappa shape index (κ1) is 12.5. The number of likely N-dealkylation sites (N-methyl/N-ethyl adjacent to an activating group) is 1. The van der Waals surface area contributed by atoms with Crippen LogP contribution in [0.4, 0.5) is 5.69 Å². The molecule has 2 rings (SSSR count). The van der Waals surface area contributed by atoms with Crippen molar-refractivity contribution in [3.8, 4) is 0 Å². The van der Waals surface area contributed by atoms with E-state index in [4.69, 9.17) is 10.8 Å². The summed E-state index contributed by atoms with van der Waals surface area (Å²) in [7, 11) is 1.53. The minimum Gasteiger partial charge on any atom is -0.480 e. The molecule has 0 spiro atoms. The van der Waals surface area contributed by atoms with Crippen molar-refractivity contribution in [2.45, 2.75) is 6.04 Å². The third-order valence-electron chi connectivity index (χ3n) is 2.68. The number of carbonyl (C=O) groups is 2. The first-order valence-corrected chi connectivity index (χ1v) is 6.12. The predicted octanol–water partition coefficient (Wildman–Crippen LogP) is 1.28. The fraction of sp³-hybridized carbons (Fsp3) is 0.167. The summed E-state index contributed by atoms with van der Waals surface area (Å²) in [6.07, 6.45) is 0. The smallest absolute Gasteiger partial charge is 0.330 e. The van der Waals surface area contributed by atoms with E-state index in [0.29, 0.717) is 5.69 Å². The van der Waals surface area contributed by atoms with Crippen LogP contribution >= 0.6 is 11.3 Å². The zero-order valence-electron chi connectivity index (χ0n) is 9.66. The lowest BCUT2D eigenvalue weighted by Gasteiger charge is -2.18. The Balaban J connectivity index is 2.37. The lowest BCUT2D eigenvalue weighted by atomic mass is 10.2. The summed E-state index contributed by atoms with van der Waals surface area (Å²) >= 11 is 1.50. The van der Waals surface area contributed by atoms with Crippen LogP contribution in [0.3, 0.4) is 0 Å². The van der Waals surface area contributed by atoms with Gasteiger partial charge in [-0.2, -0.15) is 0 Å². The van der Waals surface area contributed by atoms with Crippen LogP contribution in [-0.4, -0.2) is 30.1 Å². The SMILES string of the molecule is CN(C(=O)C(N)C(=O)O)c1csc2ccccc12. The van der Waals surface area contributed by atoms with Crippen molar-refractivity contribution in [2.75, 3.05) is 11.9 Å². The molecule has 1 aromatic heterocycles. The molecule has 1 unspecified atom stereocenters. The topological polar surface area (TPSA) is 83.6 Å². The standard InChI is InChI=1S/C12H12N2O3S/c1-14(11(15)10(13)12(16)17)8-6-18-9-5-3-2-4-7(8)9/h2-6,10H,13H2,1H3,(H,16,17). The van der Waals surface area contributed by atoms with Crippen molar-refractivity contribution in [2.24, 2.45) is 5.73 Å². The van der Waals surface area contributed by atoms with Gasteiger partial charge in [-0.05, 0) is 6.07 Å². The van der Waals surface area contributed by atoms with Crippen LogP contribution in [0.2, 0.25) is 0 Å². The van der Waals surface area contributed by atoms with Gasteiger partial charge in [-0.15, -0.1) is 11.3 Å². The van der Waals surface area contributed by atoms with Crippen molar-refractivity contribution in [1.82, 2.24) is 0 Å². The molecule has 0 aliphatic carbocycles. The maximum absolute atomic E-state index is 11.9. The number of nitrogens with two attached hydrogens (primary N) is 1. The molecule has 94 valence electrons. The number of carbonyl (C=O) groups excluding carboxylic acids is 1. The molecule has 1 heterocycles. The average molecular weight is 264 g/mol. The van der Waals surface area contributed by atoms with E-state index in [2.05, 4.69) is 0 Å². The van der Waals surface area contributed by atoms with Crippen molar-refractivity contribution in [3.05, 3.63) is 29.6 Å². The molecular weight excluding hydrogens is 252 g/mol. The molecule has 3 N–H and O–H groups in total. The summed E-state index contributed by atoms with van der Waals surface area (Å²) in [5.41, 5.74) is 6.00. The number of carboxylic acids is 1. The molecule has 6 heteroatoms. The van der Waals surface area contributed by atoms with Gasteiger partial charge < -0.3 is 15.7 Å². The molecule has 5 nitrogen and oxygen atoms in total. The first-order valence-electron chi connectivity index (χ1n) is 5.24. The Morgan fingerprint density at radius 1 is 1.39 bits per heavy atom. The third kappa shape index (κ3) is 2.07. The number of anilines is 1. The lowest BCUT2D eigenvalue weighted by Crippen LogP contribution is -2.46. The minimum atomic E-state index is -1.53. The van der Waals surface area contributed by atoms with Crippen molar-refractivity contribution in [1.29, 1.82) is 0 Å². The Kier molecular flexibility index (Phi) is 3.31. The van der Waals surface area contributed by atoms with Crippen molar-refractivity contribution < 1.29 is 14.7 Å². The van der Waals surface area contributed by atoms with E-state index in [1.54, 1.807) is 0 Å². The van der Waals surface area contributed by atoms with Gasteiger partial charge in [0.15, 0.2) is 6.04 Å². The molecule has 0 bridgehead atoms. The number of benzene rings is 1. The fourth-order valence-electron chi connectivity index (χ4n) is 1.66. The second-order valence-corrected chi connectivity index (χ2v) is 4.74. The van der Waals surface area contributed by atoms with E-state index >= 15 is 0 Å². The number of hydrogen-bond donors (Lipinski definition) is 2. The summed E-state index contributed by atoms with van der Waals surface area (Å²) in [5.74, 6) is -1.96. The summed E-state index contributed by atoms with van der Waals surface area (Å²) in [6, 6.07) is 6.08. The molecule has 2 aromatic rings. The van der Waals surface area contributed by atoms with Gasteiger partial charge in [0.25, 0.3) is 5.91 Å². The predicted molar refractivity (Wildman–Crippen MR) is 70.8 cm³/mol. The fourth-order valence-corrected chi connectivity index (χ4v) is 2.64. The number of carboxylic acid groups (broad SMARTS) is 1. The van der Waals surface area contributed by atoms with Gasteiger partial charge in [-0.25, -0.2) is 4.79 Å². The zero-order chi connectivity index (χ0) is 13.3. The molecule has 0 aliphatic heterocycles. The van der Waals surface area contributed by atoms with Crippen LogP contribution in [0.1, 0.15) is 0 Å². The normalized spacial score (nSPS) is 12.3. The van der Waals surface area contributed by atoms with E-state index in [1.165, 1.54) is 23.3 Å². The van der Waals surface area contributed by atoms with E-state index in [9.17, 15) is 9.59 Å². The number of thiophene rings is 1. The molecule has 18 heavy (non-hydrogen) atoms. The van der Waals surface area contributed by atoms with Crippen LogP contribution in [0.5, 0.6) is 0 Å². The maximum Gasteiger partial charge on any atom is 0.330 e. The molecule has 0 aliphatic rings. The van der Waals surface area contributed by atoms with Gasteiger partial charge >= 0.3 is 5.97 Å². The molecule has 0 saturated carbocycles. The van der Waals surface area contributed by atoms with Gasteiger partial charge in [-0.3, -0.25) is 4.79 Å². The Bertz CT molecular complexity index is 608. The summed E-state index contributed by atoms with van der Waals surface area (Å²) in [5, 5.41) is 11.5. The lowest BCUT2D eigenvalue weighted by molar-refractivity contribution is -0.142. The minimum absolute atomic E-state index is 0.633. The van der Waals surface area contributed by atoms with Crippen molar-refractivity contribution >= 4 is 39.0 Å². The highest BCUT2D eigenvalue weighted by Crippen LogP contribution is 2.32. The molecule has 1 atom stereocenters. The number of hydrogen-bond acceptors (Lipinski definition) is 4. The molecule has 1 amide bonds. The Morgan fingerprint density at radius 2 is 2.06 bits per heavy atom. The van der Waals surface area contributed by atoms with Crippen LogP contribution in [0.15, 0.2) is 29.6 Å². The Labute approximate surface area is 107 Å². The Hall–Kier alpha value is -1.92. The molecule has 0 fully saturated rings. The number of aliphatic carboxylic acids is 1. The highest BCUT2D eigenvalue weighted by molar-refractivity contribution is 7.17. The zero-order valence-corrected chi connectivity index (χ0v) is 10.5. The van der Waals surface area contributed by atoms with Crippen LogP contribution in [-0.2, 0) is 9.59 Å². The Morgan fingerprint density at radius 3 is 2.72 bits per heavy atom. The van der Waals surface area contributed by atoms with Gasteiger partial charge in [-0.1, -0.05) is 18.2 Å². The van der Waals surface area contributed by atoms with E-state index in [-0.39, 0.29) is 0 Å². The summed E-state index contributed by atoms with van der Waals surface area (Å²) < 4.78 is 1.04. The van der Waals surface area contributed by atoms with Gasteiger partial charge in [0.1, 0.15) is 0 Å². The first-order chi connectivity index (χ1) is 8.52. The highest BCUT2D eigenvalue weighted by atomic mass is 32.1. The molecule has 0 radical (unpaired) electrons. The quantitative estimate of drug-likeness (QED) is 0.818. The van der Waals surface area contributed by atoms with Gasteiger partial charge in [0.2, 0.25) is 0 Å². The highest BCUT2D eigenvalue weighted by Gasteiger charge is 2.26. The monoisotopic (exact) mass is 264 g/mol. The molecule has 1 aromatic carbocycles.